The van der Waals surface area contributed by atoms with Crippen molar-refractivity contribution in [2.75, 3.05) is 11.1 Å². The maximum atomic E-state index is 13.0. The monoisotopic (exact) mass is 439 g/mol. The molecule has 31 heavy (non-hydrogen) atoms. The third-order valence-electron chi connectivity index (χ3n) is 4.22. The Kier molecular flexibility index (Phi) is 7.94. The Balaban J connectivity index is 1.56. The molecule has 0 atom stereocenters. The van der Waals surface area contributed by atoms with E-state index in [1.807, 2.05) is 30.3 Å². The van der Waals surface area contributed by atoms with Gasteiger partial charge in [0.25, 0.3) is 0 Å². The molecule has 160 valence electrons. The number of hydrogen-bond acceptors (Lipinski definition) is 5. The van der Waals surface area contributed by atoms with Crippen LogP contribution < -0.4 is 10.6 Å². The molecule has 1 heterocycles. The molecule has 0 fully saturated rings. The van der Waals surface area contributed by atoms with Gasteiger partial charge < -0.3 is 15.2 Å². The molecular formula is C22H22FN5O2S. The number of anilines is 1. The number of carbonyl (C=O) groups is 2. The summed E-state index contributed by atoms with van der Waals surface area (Å²) in [6.45, 7) is 4.59. The number of rotatable bonds is 10. The average molecular weight is 440 g/mol. The Labute approximate surface area is 183 Å². The minimum absolute atomic E-state index is 0.0149. The zero-order chi connectivity index (χ0) is 22.1. The summed E-state index contributed by atoms with van der Waals surface area (Å²) in [5.41, 5.74) is 1.51. The van der Waals surface area contributed by atoms with Crippen molar-refractivity contribution >= 4 is 29.3 Å². The molecular weight excluding hydrogens is 417 g/mol. The maximum Gasteiger partial charge on any atom is 0.232 e. The lowest BCUT2D eigenvalue weighted by Gasteiger charge is -2.09. The molecule has 0 bridgehead atoms. The van der Waals surface area contributed by atoms with Gasteiger partial charge in [0.2, 0.25) is 11.8 Å². The summed E-state index contributed by atoms with van der Waals surface area (Å²) in [5, 5.41) is 14.3. The fraction of sp³-hybridized carbons (Fsp3) is 0.182. The van der Waals surface area contributed by atoms with Gasteiger partial charge in [-0.05, 0) is 29.8 Å². The lowest BCUT2D eigenvalue weighted by atomic mass is 10.2. The fourth-order valence-corrected chi connectivity index (χ4v) is 3.53. The van der Waals surface area contributed by atoms with Gasteiger partial charge in [-0.15, -0.1) is 16.8 Å². The predicted molar refractivity (Wildman–Crippen MR) is 118 cm³/mol. The lowest BCUT2D eigenvalue weighted by Crippen LogP contribution is -2.24. The van der Waals surface area contributed by atoms with Crippen LogP contribution in [0.4, 0.5) is 10.1 Å². The van der Waals surface area contributed by atoms with E-state index in [1.54, 1.807) is 10.6 Å². The van der Waals surface area contributed by atoms with Crippen LogP contribution in [0.15, 0.2) is 72.4 Å². The molecule has 2 amide bonds. The van der Waals surface area contributed by atoms with E-state index in [0.29, 0.717) is 29.8 Å². The maximum absolute atomic E-state index is 13.0. The van der Waals surface area contributed by atoms with Crippen LogP contribution in [0.3, 0.4) is 0 Å². The number of aromatic nitrogens is 3. The summed E-state index contributed by atoms with van der Waals surface area (Å²) >= 11 is 1.24. The number of carbonyl (C=O) groups excluding carboxylic acids is 2. The van der Waals surface area contributed by atoms with Crippen LogP contribution in [-0.4, -0.2) is 32.3 Å². The fourth-order valence-electron chi connectivity index (χ4n) is 2.73. The van der Waals surface area contributed by atoms with Crippen LogP contribution in [0.25, 0.3) is 0 Å². The summed E-state index contributed by atoms with van der Waals surface area (Å²) in [6.07, 6.45) is 1.66. The SMILES string of the molecule is C=CCn1c(CC(=O)Nc2ccc(F)cc2)nnc1SCC(=O)NCc1ccccc1. The van der Waals surface area contributed by atoms with Gasteiger partial charge in [0.15, 0.2) is 5.16 Å². The summed E-state index contributed by atoms with van der Waals surface area (Å²) in [4.78, 5) is 24.5. The van der Waals surface area contributed by atoms with E-state index < -0.39 is 0 Å². The zero-order valence-corrected chi connectivity index (χ0v) is 17.6. The number of nitrogens with one attached hydrogen (secondary N) is 2. The van der Waals surface area contributed by atoms with Gasteiger partial charge in [0.1, 0.15) is 11.6 Å². The first-order valence-corrected chi connectivity index (χ1v) is 10.6. The van der Waals surface area contributed by atoms with Crippen molar-refractivity contribution in [1.29, 1.82) is 0 Å². The molecule has 0 radical (unpaired) electrons. The molecule has 0 spiro atoms. The highest BCUT2D eigenvalue weighted by molar-refractivity contribution is 7.99. The molecule has 0 aliphatic carbocycles. The molecule has 0 aliphatic rings. The van der Waals surface area contributed by atoms with Crippen LogP contribution in [0, 0.1) is 5.82 Å². The van der Waals surface area contributed by atoms with Crippen LogP contribution >= 0.6 is 11.8 Å². The van der Waals surface area contributed by atoms with Crippen LogP contribution in [0.5, 0.6) is 0 Å². The van der Waals surface area contributed by atoms with Crippen LogP contribution in [0.2, 0.25) is 0 Å². The van der Waals surface area contributed by atoms with E-state index in [4.69, 9.17) is 0 Å². The Bertz CT molecular complexity index is 1040. The van der Waals surface area contributed by atoms with E-state index in [1.165, 1.54) is 36.0 Å². The van der Waals surface area contributed by atoms with Gasteiger partial charge in [-0.2, -0.15) is 0 Å². The normalized spacial score (nSPS) is 10.5. The second-order valence-electron chi connectivity index (χ2n) is 6.58. The van der Waals surface area contributed by atoms with Crippen molar-refractivity contribution in [2.45, 2.75) is 24.7 Å². The predicted octanol–water partition coefficient (Wildman–Crippen LogP) is 3.19. The quantitative estimate of drug-likeness (QED) is 0.374. The molecule has 9 heteroatoms. The van der Waals surface area contributed by atoms with Crippen molar-refractivity contribution in [3.05, 3.63) is 84.5 Å². The smallest absolute Gasteiger partial charge is 0.232 e. The van der Waals surface area contributed by atoms with Crippen molar-refractivity contribution in [1.82, 2.24) is 20.1 Å². The lowest BCUT2D eigenvalue weighted by molar-refractivity contribution is -0.118. The highest BCUT2D eigenvalue weighted by Crippen LogP contribution is 2.18. The van der Waals surface area contributed by atoms with Crippen LogP contribution in [0.1, 0.15) is 11.4 Å². The Morgan fingerprint density at radius 1 is 1.06 bits per heavy atom. The molecule has 3 rings (SSSR count). The Morgan fingerprint density at radius 2 is 1.81 bits per heavy atom. The molecule has 3 aromatic rings. The van der Waals surface area contributed by atoms with E-state index >= 15 is 0 Å². The molecule has 2 aromatic carbocycles. The van der Waals surface area contributed by atoms with E-state index in [2.05, 4.69) is 27.4 Å². The Morgan fingerprint density at radius 3 is 2.52 bits per heavy atom. The Hall–Kier alpha value is -3.46. The standard InChI is InChI=1S/C22H22FN5O2S/c1-2-12-28-19(13-20(29)25-18-10-8-17(23)9-11-18)26-27-22(28)31-15-21(30)24-14-16-6-4-3-5-7-16/h2-11H,1,12-15H2,(H,24,30)(H,25,29). The van der Waals surface area contributed by atoms with Crippen molar-refractivity contribution < 1.29 is 14.0 Å². The third-order valence-corrected chi connectivity index (χ3v) is 5.18. The van der Waals surface area contributed by atoms with Crippen molar-refractivity contribution in [3.63, 3.8) is 0 Å². The molecule has 2 N–H and O–H groups in total. The number of allylic oxidation sites excluding steroid dienone is 1. The molecule has 1 aromatic heterocycles. The number of thioether (sulfide) groups is 1. The number of nitrogens with zero attached hydrogens (tertiary/aromatic N) is 3. The van der Waals surface area contributed by atoms with Crippen molar-refractivity contribution in [2.24, 2.45) is 0 Å². The van der Waals surface area contributed by atoms with E-state index in [0.717, 1.165) is 5.56 Å². The minimum Gasteiger partial charge on any atom is -0.351 e. The number of amides is 2. The average Bonchev–Trinajstić information content (AvgIpc) is 3.14. The van der Waals surface area contributed by atoms with Gasteiger partial charge in [-0.3, -0.25) is 9.59 Å². The first kappa shape index (κ1) is 22.2. The van der Waals surface area contributed by atoms with Gasteiger partial charge in [-0.1, -0.05) is 48.2 Å². The summed E-state index contributed by atoms with van der Waals surface area (Å²) in [5.74, 6) is -0.187. The zero-order valence-electron chi connectivity index (χ0n) is 16.8. The molecule has 0 unspecified atom stereocenters. The van der Waals surface area contributed by atoms with Gasteiger partial charge in [0, 0.05) is 18.8 Å². The second kappa shape index (κ2) is 11.1. The molecule has 7 nitrogen and oxygen atoms in total. The van der Waals surface area contributed by atoms with E-state index in [-0.39, 0.29) is 29.8 Å². The highest BCUT2D eigenvalue weighted by atomic mass is 32.2. The summed E-state index contributed by atoms with van der Waals surface area (Å²) in [6, 6.07) is 15.2. The topological polar surface area (TPSA) is 88.9 Å². The summed E-state index contributed by atoms with van der Waals surface area (Å²) < 4.78 is 14.7. The largest absolute Gasteiger partial charge is 0.351 e. The van der Waals surface area contributed by atoms with Gasteiger partial charge >= 0.3 is 0 Å². The minimum atomic E-state index is -0.377. The van der Waals surface area contributed by atoms with E-state index in [9.17, 15) is 14.0 Å². The van der Waals surface area contributed by atoms with Gasteiger partial charge in [0.05, 0.1) is 12.2 Å². The second-order valence-corrected chi connectivity index (χ2v) is 7.52. The molecule has 0 saturated heterocycles. The highest BCUT2D eigenvalue weighted by Gasteiger charge is 2.16. The third kappa shape index (κ3) is 6.78. The summed E-state index contributed by atoms with van der Waals surface area (Å²) in [7, 11) is 0. The van der Waals surface area contributed by atoms with Crippen LogP contribution in [-0.2, 0) is 29.1 Å². The number of hydrogen-bond donors (Lipinski definition) is 2. The first-order chi connectivity index (χ1) is 15.0. The number of benzene rings is 2. The van der Waals surface area contributed by atoms with Crippen molar-refractivity contribution in [3.8, 4) is 0 Å². The first-order valence-electron chi connectivity index (χ1n) is 9.57. The molecule has 0 aliphatic heterocycles. The number of halogens is 1. The van der Waals surface area contributed by atoms with Gasteiger partial charge in [-0.25, -0.2) is 4.39 Å². The molecule has 0 saturated carbocycles.